The lowest BCUT2D eigenvalue weighted by Gasteiger charge is -1.92. The van der Waals surface area contributed by atoms with Crippen molar-refractivity contribution in [3.63, 3.8) is 0 Å². The van der Waals surface area contributed by atoms with Gasteiger partial charge in [-0.3, -0.25) is 0 Å². The standard InChI is InChI=1S/C6H9N3/c1-5-3-8-6(2-7)9-4-5/h3-4H,2,7H2,1H3/i2D2. The van der Waals surface area contributed by atoms with Crippen LogP contribution in [0.3, 0.4) is 0 Å². The molecule has 1 aromatic heterocycles. The maximum atomic E-state index is 7.06. The van der Waals surface area contributed by atoms with E-state index in [1.165, 1.54) is 12.4 Å². The Morgan fingerprint density at radius 2 is 2.22 bits per heavy atom. The van der Waals surface area contributed by atoms with Crippen LogP contribution in [0.5, 0.6) is 0 Å². The van der Waals surface area contributed by atoms with Gasteiger partial charge in [-0.15, -0.1) is 0 Å². The Hall–Kier alpha value is -0.960. The number of hydrogen-bond acceptors (Lipinski definition) is 3. The first-order chi connectivity index (χ1) is 5.00. The van der Waals surface area contributed by atoms with Gasteiger partial charge in [0, 0.05) is 12.4 Å². The summed E-state index contributed by atoms with van der Waals surface area (Å²) in [6.45, 7) is -0.108. The molecule has 0 radical (unpaired) electrons. The molecule has 0 spiro atoms. The minimum atomic E-state index is -1.94. The fourth-order valence-electron chi connectivity index (χ4n) is 0.467. The molecule has 0 saturated carbocycles. The van der Waals surface area contributed by atoms with E-state index in [1.807, 2.05) is 6.92 Å². The molecule has 0 fully saturated rings. The van der Waals surface area contributed by atoms with Crippen molar-refractivity contribution in [2.45, 2.75) is 13.4 Å². The molecule has 9 heavy (non-hydrogen) atoms. The van der Waals surface area contributed by atoms with Crippen molar-refractivity contribution in [2.24, 2.45) is 5.73 Å². The van der Waals surface area contributed by atoms with E-state index >= 15 is 0 Å². The van der Waals surface area contributed by atoms with Gasteiger partial charge in [-0.2, -0.15) is 0 Å². The Morgan fingerprint density at radius 3 is 2.67 bits per heavy atom. The third-order valence-corrected chi connectivity index (χ3v) is 0.910. The average molecular weight is 125 g/mol. The zero-order valence-electron chi connectivity index (χ0n) is 7.13. The molecule has 0 unspecified atom stereocenters. The van der Waals surface area contributed by atoms with Crippen molar-refractivity contribution in [3.8, 4) is 0 Å². The van der Waals surface area contributed by atoms with Gasteiger partial charge in [0.2, 0.25) is 0 Å². The molecule has 0 aliphatic rings. The van der Waals surface area contributed by atoms with E-state index in [4.69, 9.17) is 8.48 Å². The van der Waals surface area contributed by atoms with Gasteiger partial charge >= 0.3 is 0 Å². The number of nitrogens with zero attached hydrogens (tertiary/aromatic N) is 2. The molecule has 1 aromatic rings. The molecule has 1 heterocycles. The molecule has 0 bridgehead atoms. The minimum absolute atomic E-state index is 0.0168. The first kappa shape index (κ1) is 3.95. The highest BCUT2D eigenvalue weighted by molar-refractivity contribution is 5.01. The normalized spacial score (nSPS) is 14.4. The Morgan fingerprint density at radius 1 is 1.67 bits per heavy atom. The maximum Gasteiger partial charge on any atom is 0.141 e. The highest BCUT2D eigenvalue weighted by atomic mass is 14.9. The average Bonchev–Trinajstić information content (AvgIpc) is 1.86. The molecule has 0 atom stereocenters. The van der Waals surface area contributed by atoms with Crippen molar-refractivity contribution in [1.29, 1.82) is 0 Å². The van der Waals surface area contributed by atoms with Crippen LogP contribution in [0, 0.1) is 6.92 Å². The van der Waals surface area contributed by atoms with Crippen LogP contribution in [0.4, 0.5) is 0 Å². The smallest absolute Gasteiger partial charge is 0.141 e. The molecule has 0 aliphatic carbocycles. The third-order valence-electron chi connectivity index (χ3n) is 0.910. The van der Waals surface area contributed by atoms with Crippen LogP contribution < -0.4 is 5.73 Å². The van der Waals surface area contributed by atoms with Gasteiger partial charge in [-0.25, -0.2) is 9.97 Å². The second-order valence-corrected chi connectivity index (χ2v) is 1.73. The van der Waals surface area contributed by atoms with Gasteiger partial charge in [0.05, 0.1) is 9.24 Å². The first-order valence-electron chi connectivity index (χ1n) is 3.58. The number of rotatable bonds is 1. The Balaban J connectivity index is 2.99. The summed E-state index contributed by atoms with van der Waals surface area (Å²) in [5.74, 6) is 0.0168. The molecular formula is C6H9N3. The summed E-state index contributed by atoms with van der Waals surface area (Å²) in [6, 6.07) is 0. The molecule has 2 N–H and O–H groups in total. The van der Waals surface area contributed by atoms with E-state index in [9.17, 15) is 0 Å². The van der Waals surface area contributed by atoms with Crippen LogP contribution in [0.15, 0.2) is 12.4 Å². The summed E-state index contributed by atoms with van der Waals surface area (Å²) in [4.78, 5) is 7.48. The van der Waals surface area contributed by atoms with Crippen LogP contribution >= 0.6 is 0 Å². The molecule has 0 amide bonds. The van der Waals surface area contributed by atoms with Crippen LogP contribution in [0.1, 0.15) is 14.1 Å². The highest BCUT2D eigenvalue weighted by Crippen LogP contribution is 1.90. The van der Waals surface area contributed by atoms with Gasteiger partial charge in [-0.05, 0) is 12.5 Å². The van der Waals surface area contributed by atoms with Crippen molar-refractivity contribution in [2.75, 3.05) is 0 Å². The number of nitrogens with two attached hydrogens (primary N) is 1. The maximum absolute atomic E-state index is 7.06. The molecule has 48 valence electrons. The van der Waals surface area contributed by atoms with E-state index in [-0.39, 0.29) is 5.82 Å². The van der Waals surface area contributed by atoms with E-state index < -0.39 is 6.50 Å². The van der Waals surface area contributed by atoms with E-state index in [0.717, 1.165) is 5.56 Å². The van der Waals surface area contributed by atoms with Crippen molar-refractivity contribution >= 4 is 0 Å². The first-order valence-corrected chi connectivity index (χ1v) is 2.58. The number of hydrogen-bond donors (Lipinski definition) is 1. The lowest BCUT2D eigenvalue weighted by molar-refractivity contribution is 0.901. The Labute approximate surface area is 56.8 Å². The zero-order valence-corrected chi connectivity index (χ0v) is 5.13. The zero-order chi connectivity index (χ0) is 8.48. The second-order valence-electron chi connectivity index (χ2n) is 1.73. The highest BCUT2D eigenvalue weighted by Gasteiger charge is 1.88. The van der Waals surface area contributed by atoms with Crippen LogP contribution in [0.25, 0.3) is 0 Å². The molecule has 0 aliphatic heterocycles. The lowest BCUT2D eigenvalue weighted by Crippen LogP contribution is -2.01. The predicted molar refractivity (Wildman–Crippen MR) is 34.7 cm³/mol. The van der Waals surface area contributed by atoms with E-state index in [2.05, 4.69) is 9.97 Å². The molecular weight excluding hydrogens is 114 g/mol. The summed E-state index contributed by atoms with van der Waals surface area (Å²) in [5, 5.41) is 0. The summed E-state index contributed by atoms with van der Waals surface area (Å²) in [6.07, 6.45) is 3.07. The fraction of sp³-hybridized carbons (Fsp3) is 0.333. The molecule has 3 nitrogen and oxygen atoms in total. The quantitative estimate of drug-likeness (QED) is 0.585. The topological polar surface area (TPSA) is 51.8 Å². The Bertz CT molecular complexity index is 239. The third kappa shape index (κ3) is 1.47. The van der Waals surface area contributed by atoms with Crippen LogP contribution in [0.2, 0.25) is 0 Å². The summed E-state index contributed by atoms with van der Waals surface area (Å²) in [5.41, 5.74) is 6.00. The summed E-state index contributed by atoms with van der Waals surface area (Å²) < 4.78 is 14.1. The van der Waals surface area contributed by atoms with Crippen LogP contribution in [-0.4, -0.2) is 9.97 Å². The number of aromatic nitrogens is 2. The van der Waals surface area contributed by atoms with Gasteiger partial charge in [-0.1, -0.05) is 0 Å². The van der Waals surface area contributed by atoms with Crippen molar-refractivity contribution in [3.05, 3.63) is 23.8 Å². The largest absolute Gasteiger partial charge is 0.324 e. The lowest BCUT2D eigenvalue weighted by atomic mass is 10.4. The van der Waals surface area contributed by atoms with Gasteiger partial charge in [0.15, 0.2) is 0 Å². The predicted octanol–water partition coefficient (Wildman–Crippen LogP) is 0.244. The SMILES string of the molecule is [2H]C([2H])(N)c1ncc(C)cn1. The van der Waals surface area contributed by atoms with Gasteiger partial charge in [0.25, 0.3) is 0 Å². The van der Waals surface area contributed by atoms with Crippen molar-refractivity contribution < 1.29 is 2.74 Å². The second kappa shape index (κ2) is 2.55. The number of aryl methyl sites for hydroxylation is 1. The molecule has 0 saturated heterocycles. The minimum Gasteiger partial charge on any atom is -0.324 e. The summed E-state index contributed by atoms with van der Waals surface area (Å²) >= 11 is 0. The monoisotopic (exact) mass is 125 g/mol. The van der Waals surface area contributed by atoms with Crippen LogP contribution in [-0.2, 0) is 6.50 Å². The Kier molecular flexibility index (Phi) is 1.12. The van der Waals surface area contributed by atoms with E-state index in [0.29, 0.717) is 0 Å². The molecule has 0 aromatic carbocycles. The molecule has 3 heteroatoms. The fourth-order valence-corrected chi connectivity index (χ4v) is 0.467. The van der Waals surface area contributed by atoms with Gasteiger partial charge in [0.1, 0.15) is 5.82 Å². The van der Waals surface area contributed by atoms with E-state index in [1.54, 1.807) is 0 Å². The van der Waals surface area contributed by atoms with Gasteiger partial charge < -0.3 is 5.73 Å². The van der Waals surface area contributed by atoms with Crippen molar-refractivity contribution in [1.82, 2.24) is 9.97 Å². The molecule has 1 rings (SSSR count). The summed E-state index contributed by atoms with van der Waals surface area (Å²) in [7, 11) is 0.